The smallest absolute Gasteiger partial charge is 0.252 e. The first-order chi connectivity index (χ1) is 59.3. The summed E-state index contributed by atoms with van der Waals surface area (Å²) in [6.45, 7) is 14.5. The molecule has 0 spiro atoms. The van der Waals surface area contributed by atoms with Crippen molar-refractivity contribution in [2.45, 2.75) is 143 Å². The molecule has 2 aliphatic heterocycles. The lowest BCUT2D eigenvalue weighted by Crippen LogP contribution is -2.63. The Hall–Kier alpha value is -12.4. The maximum Gasteiger partial charge on any atom is 0.252 e. The van der Waals surface area contributed by atoms with Gasteiger partial charge in [0.15, 0.2) is 0 Å². The zero-order valence-electron chi connectivity index (χ0n) is 70.8. The van der Waals surface area contributed by atoms with Crippen molar-refractivity contribution in [3.8, 4) is 33.6 Å². The molecule has 0 saturated carbocycles. The van der Waals surface area contributed by atoms with E-state index >= 15 is 0 Å². The largest absolute Gasteiger partial charge is 0.334 e. The van der Waals surface area contributed by atoms with E-state index in [0.717, 1.165) is 101 Å². The minimum atomic E-state index is -0.231. The predicted molar refractivity (Wildman–Crippen MR) is 517 cm³/mol. The van der Waals surface area contributed by atoms with Gasteiger partial charge in [-0.2, -0.15) is 0 Å². The van der Waals surface area contributed by atoms with Crippen LogP contribution in [0.3, 0.4) is 0 Å². The van der Waals surface area contributed by atoms with Crippen molar-refractivity contribution in [2.24, 2.45) is 23.2 Å². The van der Waals surface area contributed by atoms with Gasteiger partial charge in [0.1, 0.15) is 0 Å². The van der Waals surface area contributed by atoms with Gasteiger partial charge >= 0.3 is 0 Å². The van der Waals surface area contributed by atoms with Gasteiger partial charge in [-0.3, -0.25) is 0 Å². The number of anilines is 5. The molecule has 121 heavy (non-hydrogen) atoms. The van der Waals surface area contributed by atoms with E-state index in [1.165, 1.54) is 178 Å². The predicted octanol–water partition coefficient (Wildman–Crippen LogP) is 29.1. The quantitative estimate of drug-likeness (QED) is 0.107. The molecule has 4 atom stereocenters. The zero-order chi connectivity index (χ0) is 81.2. The zero-order valence-corrected chi connectivity index (χ0v) is 70.8. The second-order valence-electron chi connectivity index (χ2n) is 37.6. The van der Waals surface area contributed by atoms with E-state index in [0.29, 0.717) is 0 Å². The second kappa shape index (κ2) is 30.4. The van der Waals surface area contributed by atoms with Crippen LogP contribution < -0.4 is 26.2 Å². The molecule has 10 aromatic carbocycles. The molecule has 2 aromatic heterocycles. The molecule has 0 bridgehead atoms. The molecule has 10 aliphatic rings. The highest BCUT2D eigenvalue weighted by Crippen LogP contribution is 2.57. The second-order valence-corrected chi connectivity index (χ2v) is 37.6. The highest BCUT2D eigenvalue weighted by molar-refractivity contribution is 7.00. The molecular formula is C116H105BN4. The Kier molecular flexibility index (Phi) is 18.8. The Morgan fingerprint density at radius 1 is 0.405 bits per heavy atom. The molecule has 8 aliphatic carbocycles. The number of allylic oxidation sites excluding steroid dienone is 27. The maximum atomic E-state index is 3.02. The van der Waals surface area contributed by atoms with Gasteiger partial charge in [-0.1, -0.05) is 302 Å². The molecule has 4 heterocycles. The fraction of sp³-hybridized carbons (Fsp3) is 0.224. The standard InChI is InChI=1S/C116H105BN4/c1-115(2,3)90-70-98(85-48-30-44-81(64-85)76-34-12-7-13-35-76)113(99(71-90)86-49-31-45-82(65-86)77-36-14-8-15-37-77)120-108-74-92(118-104-56-26-22-52-94(104)95-53-23-27-57-105(95)118)60-62-102(108)117-103-63-61-93(119-106-58-28-24-54-96(106)97-55-25-29-59-107(97)119)75-109(103)121(111-69-89(68-110(120)112(111)117)80-42-20-11-21-43-80)114-100(87-50-32-46-83(66-87)78-38-16-9-17-39-78)72-91(116(4,5)6)73-101(114)88-51-33-47-84(67-88)79-40-18-10-19-41-79/h7-9,11-12,14,16,18,20-31,34,36,38,40-45,47-50,52-64,66,68-75,82,88,100,114H,10,13,15,17,19,32-33,35,37,39,46,51,65,67H2,1-6H3. The molecule has 4 unspecified atom stereocenters. The van der Waals surface area contributed by atoms with Gasteiger partial charge in [-0.25, -0.2) is 0 Å². The van der Waals surface area contributed by atoms with Crippen LogP contribution >= 0.6 is 0 Å². The Morgan fingerprint density at radius 2 is 1.01 bits per heavy atom. The Labute approximate surface area is 715 Å². The highest BCUT2D eigenvalue weighted by Gasteiger charge is 2.50. The highest BCUT2D eigenvalue weighted by atomic mass is 15.2. The Bertz CT molecular complexity index is 6710. The van der Waals surface area contributed by atoms with Gasteiger partial charge in [0.2, 0.25) is 0 Å². The molecule has 5 heteroatoms. The number of rotatable bonds is 13. The average Bonchev–Trinajstić information content (AvgIpc) is 0.924. The summed E-state index contributed by atoms with van der Waals surface area (Å²) in [6, 6.07) is 83.6. The summed E-state index contributed by atoms with van der Waals surface area (Å²) in [6.07, 6.45) is 63.9. The van der Waals surface area contributed by atoms with Crippen molar-refractivity contribution < 1.29 is 0 Å². The van der Waals surface area contributed by atoms with Gasteiger partial charge < -0.3 is 18.9 Å². The van der Waals surface area contributed by atoms with Gasteiger partial charge in [-0.05, 0) is 280 Å². The summed E-state index contributed by atoms with van der Waals surface area (Å²) in [5, 5.41) is 5.02. The van der Waals surface area contributed by atoms with Gasteiger partial charge in [0.25, 0.3) is 6.71 Å². The van der Waals surface area contributed by atoms with E-state index < -0.39 is 0 Å². The van der Waals surface area contributed by atoms with E-state index in [9.17, 15) is 0 Å². The van der Waals surface area contributed by atoms with Crippen molar-refractivity contribution in [1.29, 1.82) is 0 Å². The lowest BCUT2D eigenvalue weighted by molar-refractivity contribution is 0.446. The number of fused-ring (bicyclic) bond motifs is 10. The molecule has 22 rings (SSSR count). The molecule has 0 saturated heterocycles. The van der Waals surface area contributed by atoms with Gasteiger partial charge in [-0.15, -0.1) is 0 Å². The van der Waals surface area contributed by atoms with E-state index in [-0.39, 0.29) is 41.3 Å². The fourth-order valence-corrected chi connectivity index (χ4v) is 22.2. The van der Waals surface area contributed by atoms with Crippen LogP contribution in [-0.4, -0.2) is 21.9 Å². The first-order valence-corrected chi connectivity index (χ1v) is 45.0. The van der Waals surface area contributed by atoms with Crippen molar-refractivity contribution in [1.82, 2.24) is 9.13 Å². The summed E-state index contributed by atoms with van der Waals surface area (Å²) in [4.78, 5) is 5.89. The lowest BCUT2D eigenvalue weighted by atomic mass is 9.33. The number of para-hydroxylation sites is 4. The Morgan fingerprint density at radius 3 is 1.65 bits per heavy atom. The summed E-state index contributed by atoms with van der Waals surface area (Å²) >= 11 is 0. The van der Waals surface area contributed by atoms with Crippen molar-refractivity contribution in [2.75, 3.05) is 9.80 Å². The van der Waals surface area contributed by atoms with Crippen LogP contribution in [0.25, 0.3) is 88.4 Å². The van der Waals surface area contributed by atoms with Gasteiger partial charge in [0.05, 0.1) is 33.8 Å². The van der Waals surface area contributed by atoms with Crippen LogP contribution in [-0.2, 0) is 5.41 Å². The molecule has 0 N–H and O–H groups in total. The number of hydrogen-bond donors (Lipinski definition) is 0. The lowest BCUT2D eigenvalue weighted by Gasteiger charge is -2.51. The SMILES string of the molecule is CC(C)(C)C1=CC(C2=CCCC(C3=CC=CCC3)=C2)C(N2c3cc(-n4c5ccccc5c5ccccc54)ccc3B3c4ccc(-n5c6ccccc6c6ccccc65)cc4N(c4c(C5=CC=CC(C6=CC=CCC6)C5)cc(C(C)(C)C)cc4-c4cccc(C5=CC=CCC5)c4)c4cc(-c5ccccc5)cc2c43)C(C2CCC=C(C3=CCCC=C3)C2)=C1. The minimum Gasteiger partial charge on any atom is -0.334 e. The minimum absolute atomic E-state index is 0.0512. The van der Waals surface area contributed by atoms with E-state index in [4.69, 9.17) is 0 Å². The third kappa shape index (κ3) is 13.2. The normalized spacial score (nSPS) is 20.1. The first kappa shape index (κ1) is 74.8. The first-order valence-electron chi connectivity index (χ1n) is 45.0. The fourth-order valence-electron chi connectivity index (χ4n) is 22.2. The monoisotopic (exact) mass is 1560 g/mol. The molecule has 592 valence electrons. The van der Waals surface area contributed by atoms with E-state index in [1.807, 2.05) is 0 Å². The van der Waals surface area contributed by atoms with Gasteiger partial charge in [0, 0.05) is 78.6 Å². The molecule has 0 amide bonds. The van der Waals surface area contributed by atoms with Crippen LogP contribution in [0.15, 0.2) is 378 Å². The van der Waals surface area contributed by atoms with Crippen LogP contribution in [0, 0.1) is 23.2 Å². The van der Waals surface area contributed by atoms with E-state index in [1.54, 1.807) is 5.57 Å². The Balaban J connectivity index is 0.892. The van der Waals surface area contributed by atoms with Crippen molar-refractivity contribution in [3.05, 3.63) is 395 Å². The number of hydrogen-bond acceptors (Lipinski definition) is 2. The van der Waals surface area contributed by atoms with Crippen LogP contribution in [0.2, 0.25) is 0 Å². The number of benzene rings is 10. The van der Waals surface area contributed by atoms with Crippen molar-refractivity contribution in [3.63, 3.8) is 0 Å². The molecule has 0 radical (unpaired) electrons. The maximum absolute atomic E-state index is 3.02. The summed E-state index contributed by atoms with van der Waals surface area (Å²) < 4.78 is 5.15. The summed E-state index contributed by atoms with van der Waals surface area (Å²) in [5.74, 6) is 0.432. The van der Waals surface area contributed by atoms with Crippen LogP contribution in [0.4, 0.5) is 28.4 Å². The average molecular weight is 1570 g/mol. The van der Waals surface area contributed by atoms with E-state index in [2.05, 4.69) is 394 Å². The molecule has 12 aromatic rings. The van der Waals surface area contributed by atoms with Crippen LogP contribution in [0.1, 0.15) is 148 Å². The molecule has 4 nitrogen and oxygen atoms in total. The van der Waals surface area contributed by atoms with Crippen LogP contribution in [0.5, 0.6) is 0 Å². The molecular weight excluding hydrogens is 1460 g/mol. The summed E-state index contributed by atoms with van der Waals surface area (Å²) in [5.41, 5.74) is 40.0. The third-order valence-electron chi connectivity index (χ3n) is 28.2. The number of nitrogens with zero attached hydrogens (tertiary/aromatic N) is 4. The topological polar surface area (TPSA) is 16.3 Å². The third-order valence-corrected chi connectivity index (χ3v) is 28.2. The molecule has 0 fully saturated rings. The number of aromatic nitrogens is 2. The van der Waals surface area contributed by atoms with Crippen molar-refractivity contribution >= 4 is 106 Å². The summed E-state index contributed by atoms with van der Waals surface area (Å²) in [7, 11) is 0.